The Kier molecular flexibility index (Phi) is 3.61. The molecule has 4 nitrogen and oxygen atoms in total. The van der Waals surface area contributed by atoms with Crippen molar-refractivity contribution in [2.75, 3.05) is 4.90 Å². The van der Waals surface area contributed by atoms with Crippen LogP contribution in [0.5, 0.6) is 0 Å². The molecule has 2 amide bonds. The molecule has 3 aromatic rings. The van der Waals surface area contributed by atoms with E-state index in [1.54, 1.807) is 24.3 Å². The van der Waals surface area contributed by atoms with Crippen molar-refractivity contribution in [1.82, 2.24) is 4.98 Å². The quantitative estimate of drug-likeness (QED) is 0.675. The van der Waals surface area contributed by atoms with Gasteiger partial charge >= 0.3 is 0 Å². The standard InChI is InChI=1S/C21H18N2O2/c1-13(2)11-18-19(12-14-7-3-6-10-17(14)22-18)23-20(24)15-8-4-5-9-16(15)21(23)25/h3-10,12-13H,11H2,1-2H3. The SMILES string of the molecule is CC(C)Cc1nc2ccccc2cc1N1C(=O)c2ccccc2C1=O. The summed E-state index contributed by atoms with van der Waals surface area (Å²) in [5.74, 6) is -0.187. The zero-order chi connectivity index (χ0) is 17.6. The molecule has 0 saturated heterocycles. The summed E-state index contributed by atoms with van der Waals surface area (Å²) in [6, 6.07) is 16.6. The first-order valence-electron chi connectivity index (χ1n) is 8.42. The molecule has 25 heavy (non-hydrogen) atoms. The van der Waals surface area contributed by atoms with Gasteiger partial charge in [-0.2, -0.15) is 0 Å². The minimum Gasteiger partial charge on any atom is -0.268 e. The first kappa shape index (κ1) is 15.5. The molecule has 124 valence electrons. The van der Waals surface area contributed by atoms with Gasteiger partial charge in [0.05, 0.1) is 28.0 Å². The summed E-state index contributed by atoms with van der Waals surface area (Å²) in [5.41, 5.74) is 3.16. The van der Waals surface area contributed by atoms with Gasteiger partial charge in [-0.3, -0.25) is 14.6 Å². The molecule has 1 aromatic heterocycles. The van der Waals surface area contributed by atoms with Crippen LogP contribution >= 0.6 is 0 Å². The number of nitrogens with zero attached hydrogens (tertiary/aromatic N) is 2. The number of imide groups is 1. The number of carbonyl (C=O) groups excluding carboxylic acids is 2. The Labute approximate surface area is 146 Å². The van der Waals surface area contributed by atoms with Crippen LogP contribution in [0.2, 0.25) is 0 Å². The third-order valence-electron chi connectivity index (χ3n) is 4.42. The lowest BCUT2D eigenvalue weighted by Crippen LogP contribution is -2.30. The van der Waals surface area contributed by atoms with Crippen LogP contribution in [0.1, 0.15) is 40.3 Å². The van der Waals surface area contributed by atoms with Crippen molar-refractivity contribution < 1.29 is 9.59 Å². The van der Waals surface area contributed by atoms with Crippen molar-refractivity contribution in [2.24, 2.45) is 5.92 Å². The number of aromatic nitrogens is 1. The van der Waals surface area contributed by atoms with Gasteiger partial charge in [0.15, 0.2) is 0 Å². The van der Waals surface area contributed by atoms with Gasteiger partial charge in [-0.05, 0) is 36.6 Å². The maximum atomic E-state index is 12.9. The van der Waals surface area contributed by atoms with E-state index in [0.717, 1.165) is 16.6 Å². The van der Waals surface area contributed by atoms with Crippen molar-refractivity contribution in [3.8, 4) is 0 Å². The van der Waals surface area contributed by atoms with Gasteiger partial charge in [0.1, 0.15) is 0 Å². The molecule has 4 heteroatoms. The molecular formula is C21H18N2O2. The fourth-order valence-electron chi connectivity index (χ4n) is 3.28. The number of hydrogen-bond acceptors (Lipinski definition) is 3. The van der Waals surface area contributed by atoms with Crippen LogP contribution in [0.3, 0.4) is 0 Å². The number of fused-ring (bicyclic) bond motifs is 2. The Hall–Kier alpha value is -3.01. The lowest BCUT2D eigenvalue weighted by Gasteiger charge is -2.19. The Morgan fingerprint density at radius 3 is 2.16 bits per heavy atom. The van der Waals surface area contributed by atoms with Gasteiger partial charge in [0.2, 0.25) is 0 Å². The number of carbonyl (C=O) groups is 2. The second-order valence-electron chi connectivity index (χ2n) is 6.74. The molecule has 0 N–H and O–H groups in total. The minimum absolute atomic E-state index is 0.275. The van der Waals surface area contributed by atoms with E-state index in [0.29, 0.717) is 29.2 Å². The number of pyridine rings is 1. The molecule has 0 fully saturated rings. The highest BCUT2D eigenvalue weighted by atomic mass is 16.2. The topological polar surface area (TPSA) is 50.3 Å². The Morgan fingerprint density at radius 1 is 0.920 bits per heavy atom. The summed E-state index contributed by atoms with van der Waals surface area (Å²) in [5, 5.41) is 0.918. The average molecular weight is 330 g/mol. The van der Waals surface area contributed by atoms with Gasteiger partial charge in [0.25, 0.3) is 11.8 Å². The molecule has 1 aliphatic heterocycles. The summed E-state index contributed by atoms with van der Waals surface area (Å²) < 4.78 is 0. The van der Waals surface area contributed by atoms with Crippen LogP contribution in [0.15, 0.2) is 54.6 Å². The van der Waals surface area contributed by atoms with Gasteiger partial charge in [0, 0.05) is 5.39 Å². The maximum absolute atomic E-state index is 12.9. The molecular weight excluding hydrogens is 312 g/mol. The van der Waals surface area contributed by atoms with E-state index in [9.17, 15) is 9.59 Å². The zero-order valence-corrected chi connectivity index (χ0v) is 14.2. The molecule has 0 bridgehead atoms. The molecule has 1 aliphatic rings. The highest BCUT2D eigenvalue weighted by molar-refractivity contribution is 6.34. The molecule has 0 spiro atoms. The Balaban J connectivity index is 1.91. The van der Waals surface area contributed by atoms with Crippen molar-refractivity contribution in [2.45, 2.75) is 20.3 Å². The van der Waals surface area contributed by atoms with E-state index < -0.39 is 0 Å². The van der Waals surface area contributed by atoms with E-state index in [2.05, 4.69) is 13.8 Å². The molecule has 0 aliphatic carbocycles. The summed E-state index contributed by atoms with van der Waals surface area (Å²) >= 11 is 0. The van der Waals surface area contributed by atoms with Crippen molar-refractivity contribution in [3.63, 3.8) is 0 Å². The molecule has 2 heterocycles. The zero-order valence-electron chi connectivity index (χ0n) is 14.2. The monoisotopic (exact) mass is 330 g/mol. The predicted octanol–water partition coefficient (Wildman–Crippen LogP) is 4.23. The third-order valence-corrected chi connectivity index (χ3v) is 4.42. The molecule has 0 radical (unpaired) electrons. The highest BCUT2D eigenvalue weighted by Crippen LogP contribution is 2.33. The molecule has 2 aromatic carbocycles. The van der Waals surface area contributed by atoms with Crippen molar-refractivity contribution >= 4 is 28.4 Å². The number of para-hydroxylation sites is 1. The second-order valence-corrected chi connectivity index (χ2v) is 6.74. The molecule has 0 atom stereocenters. The highest BCUT2D eigenvalue weighted by Gasteiger charge is 2.37. The third kappa shape index (κ3) is 2.50. The summed E-state index contributed by atoms with van der Waals surface area (Å²) in [4.78, 5) is 31.7. The fraction of sp³-hybridized carbons (Fsp3) is 0.190. The predicted molar refractivity (Wildman–Crippen MR) is 97.9 cm³/mol. The summed E-state index contributed by atoms with van der Waals surface area (Å²) in [6.07, 6.45) is 0.702. The first-order valence-corrected chi connectivity index (χ1v) is 8.42. The van der Waals surface area contributed by atoms with Gasteiger partial charge in [-0.15, -0.1) is 0 Å². The Bertz CT molecular complexity index is 973. The van der Waals surface area contributed by atoms with E-state index in [4.69, 9.17) is 4.98 Å². The lowest BCUT2D eigenvalue weighted by molar-refractivity contribution is 0.0925. The Morgan fingerprint density at radius 2 is 1.52 bits per heavy atom. The van der Waals surface area contributed by atoms with Crippen LogP contribution in [-0.4, -0.2) is 16.8 Å². The average Bonchev–Trinajstić information content (AvgIpc) is 2.85. The minimum atomic E-state index is -0.275. The number of hydrogen-bond donors (Lipinski definition) is 0. The van der Waals surface area contributed by atoms with Gasteiger partial charge in [-0.25, -0.2) is 4.90 Å². The van der Waals surface area contributed by atoms with E-state index in [1.807, 2.05) is 30.3 Å². The smallest absolute Gasteiger partial charge is 0.266 e. The van der Waals surface area contributed by atoms with Crippen LogP contribution in [0.4, 0.5) is 5.69 Å². The number of amides is 2. The van der Waals surface area contributed by atoms with E-state index in [-0.39, 0.29) is 11.8 Å². The largest absolute Gasteiger partial charge is 0.268 e. The normalized spacial score (nSPS) is 13.8. The number of anilines is 1. The summed E-state index contributed by atoms with van der Waals surface area (Å²) in [6.45, 7) is 4.20. The fourth-order valence-corrected chi connectivity index (χ4v) is 3.28. The van der Waals surface area contributed by atoms with Crippen LogP contribution in [-0.2, 0) is 6.42 Å². The van der Waals surface area contributed by atoms with Crippen molar-refractivity contribution in [1.29, 1.82) is 0 Å². The molecule has 0 saturated carbocycles. The lowest BCUT2D eigenvalue weighted by atomic mass is 10.0. The number of benzene rings is 2. The molecule has 4 rings (SSSR count). The second kappa shape index (κ2) is 5.81. The van der Waals surface area contributed by atoms with Crippen LogP contribution < -0.4 is 4.90 Å². The van der Waals surface area contributed by atoms with Gasteiger partial charge in [-0.1, -0.05) is 44.2 Å². The summed E-state index contributed by atoms with van der Waals surface area (Å²) in [7, 11) is 0. The van der Waals surface area contributed by atoms with Gasteiger partial charge < -0.3 is 0 Å². The van der Waals surface area contributed by atoms with Crippen LogP contribution in [0, 0.1) is 5.92 Å². The van der Waals surface area contributed by atoms with E-state index >= 15 is 0 Å². The van der Waals surface area contributed by atoms with Crippen molar-refractivity contribution in [3.05, 3.63) is 71.4 Å². The molecule has 0 unspecified atom stereocenters. The number of rotatable bonds is 3. The first-order chi connectivity index (χ1) is 12.1. The maximum Gasteiger partial charge on any atom is 0.266 e. The van der Waals surface area contributed by atoms with Crippen LogP contribution in [0.25, 0.3) is 10.9 Å². The van der Waals surface area contributed by atoms with E-state index in [1.165, 1.54) is 4.90 Å².